The molecule has 0 radical (unpaired) electrons. The highest BCUT2D eigenvalue weighted by Gasteiger charge is 2.28. The largest absolute Gasteiger partial charge is 0.455 e. The molecule has 6 heteroatoms. The van der Waals surface area contributed by atoms with Crippen LogP contribution in [-0.4, -0.2) is 24.1 Å². The fourth-order valence-electron chi connectivity index (χ4n) is 11.7. The molecule has 0 aliphatic heterocycles. The summed E-state index contributed by atoms with van der Waals surface area (Å²) in [4.78, 5) is 17.0. The fraction of sp³-hybridized carbons (Fsp3) is 0.219. The number of nitrogens with zero attached hydrogens (tertiary/aromatic N) is 5. The van der Waals surface area contributed by atoms with Crippen LogP contribution in [0.2, 0.25) is 0 Å². The van der Waals surface area contributed by atoms with Crippen LogP contribution >= 0.6 is 0 Å². The summed E-state index contributed by atoms with van der Waals surface area (Å²) in [7, 11) is 0. The first-order valence-electron chi connectivity index (χ1n) is 27.8. The topological polar surface area (TPSA) is 61.7 Å². The van der Waals surface area contributed by atoms with Crippen LogP contribution < -0.4 is 0 Å². The zero-order valence-corrected chi connectivity index (χ0v) is 47.5. The number of hydrogen-bond donors (Lipinski definition) is 0. The minimum Gasteiger partial charge on any atom is -0.455 e. The number of furan rings is 1. The van der Waals surface area contributed by atoms with Crippen molar-refractivity contribution in [3.05, 3.63) is 210 Å². The third kappa shape index (κ3) is 8.51. The highest BCUT2D eigenvalue weighted by atomic mass is 16.3. The van der Waals surface area contributed by atoms with Crippen LogP contribution in [0.1, 0.15) is 105 Å². The minimum absolute atomic E-state index is 0.128. The SMILES string of the molecule is CC(C)(C)c1cc(-c2nc(-c3cc(C(C)(C)C)cc(C(C)(C)C)c3)nc(-c3cc(-c4ccccc4-n4c5ccccc5c5c6oc7ccccc7c6ccc54)ccc3-n3c4ccccc4c4ccccc43)n2)cc(C(C)(C)C)c1. The van der Waals surface area contributed by atoms with Gasteiger partial charge in [0, 0.05) is 49.2 Å². The van der Waals surface area contributed by atoms with Gasteiger partial charge >= 0.3 is 0 Å². The van der Waals surface area contributed by atoms with Crippen LogP contribution in [0.15, 0.2) is 192 Å². The van der Waals surface area contributed by atoms with Crippen molar-refractivity contribution in [1.29, 1.82) is 0 Å². The zero-order chi connectivity index (χ0) is 54.9. The molecule has 4 aromatic heterocycles. The van der Waals surface area contributed by atoms with Gasteiger partial charge in [-0.15, -0.1) is 0 Å². The standard InChI is InChI=1S/C73H67N5O/c1-70(2,3)47-37-45(38-48(42-47)71(4,5)6)67-74-68(46-39-49(72(7,8)9)43-50(40-46)73(10,11)12)76-69(75-67)57-41-44(33-35-62(57)77-59-29-19-14-24-52(59)53-25-15-20-30-60(53)77)51-23-13-18-28-58(51)78-61-31-21-16-27-56(61)65-63(78)36-34-55-54-26-17-22-32-64(54)79-66(55)65/h13-43H,1-12H3. The number of para-hydroxylation sites is 5. The monoisotopic (exact) mass is 1030 g/mol. The Morgan fingerprint density at radius 3 is 1.29 bits per heavy atom. The molecule has 0 fully saturated rings. The summed E-state index contributed by atoms with van der Waals surface area (Å²) in [6.07, 6.45) is 0. The van der Waals surface area contributed by atoms with Gasteiger partial charge in [0.1, 0.15) is 11.2 Å². The van der Waals surface area contributed by atoms with Crippen molar-refractivity contribution in [2.45, 2.75) is 105 Å². The molecule has 0 N–H and O–H groups in total. The van der Waals surface area contributed by atoms with Crippen molar-refractivity contribution < 1.29 is 4.42 Å². The van der Waals surface area contributed by atoms with Crippen LogP contribution in [0.3, 0.4) is 0 Å². The van der Waals surface area contributed by atoms with Gasteiger partial charge in [-0.3, -0.25) is 0 Å². The molecule has 0 atom stereocenters. The van der Waals surface area contributed by atoms with E-state index in [9.17, 15) is 0 Å². The van der Waals surface area contributed by atoms with Crippen LogP contribution in [0.5, 0.6) is 0 Å². The van der Waals surface area contributed by atoms with E-state index in [2.05, 4.69) is 274 Å². The molecule has 6 nitrogen and oxygen atoms in total. The number of rotatable bonds is 6. The number of benzene rings is 9. The van der Waals surface area contributed by atoms with Gasteiger partial charge in [-0.25, -0.2) is 15.0 Å². The lowest BCUT2D eigenvalue weighted by Crippen LogP contribution is -2.17. The summed E-state index contributed by atoms with van der Waals surface area (Å²) < 4.78 is 11.6. The second-order valence-electron chi connectivity index (χ2n) is 25.8. The molecule has 0 saturated heterocycles. The third-order valence-corrected chi connectivity index (χ3v) is 16.2. The molecule has 4 heterocycles. The maximum Gasteiger partial charge on any atom is 0.166 e. The van der Waals surface area contributed by atoms with Crippen LogP contribution in [-0.2, 0) is 21.7 Å². The Morgan fingerprint density at radius 1 is 0.316 bits per heavy atom. The highest BCUT2D eigenvalue weighted by Crippen LogP contribution is 2.45. The summed E-state index contributed by atoms with van der Waals surface area (Å²) >= 11 is 0. The first-order valence-corrected chi connectivity index (χ1v) is 27.8. The lowest BCUT2D eigenvalue weighted by atomic mass is 9.79. The van der Waals surface area contributed by atoms with Crippen LogP contribution in [0, 0.1) is 0 Å². The van der Waals surface area contributed by atoms with Crippen molar-refractivity contribution in [1.82, 2.24) is 24.1 Å². The Hall–Kier alpha value is -8.61. The van der Waals surface area contributed by atoms with Gasteiger partial charge in [0.05, 0.1) is 38.8 Å². The molecule has 390 valence electrons. The number of fused-ring (bicyclic) bond motifs is 10. The third-order valence-electron chi connectivity index (χ3n) is 16.2. The van der Waals surface area contributed by atoms with Crippen molar-refractivity contribution in [2.24, 2.45) is 0 Å². The summed E-state index contributed by atoms with van der Waals surface area (Å²) in [5, 5.41) is 6.83. The maximum absolute atomic E-state index is 6.75. The molecule has 13 rings (SSSR count). The van der Waals surface area contributed by atoms with Crippen molar-refractivity contribution >= 4 is 65.6 Å². The number of aromatic nitrogens is 5. The van der Waals surface area contributed by atoms with Gasteiger partial charge in [0.15, 0.2) is 17.5 Å². The number of hydrogen-bond acceptors (Lipinski definition) is 4. The van der Waals surface area contributed by atoms with Gasteiger partial charge in [-0.05, 0) is 128 Å². The second-order valence-corrected chi connectivity index (χ2v) is 25.8. The quantitative estimate of drug-likeness (QED) is 0.166. The summed E-state index contributed by atoms with van der Waals surface area (Å²) in [5.41, 5.74) is 17.6. The lowest BCUT2D eigenvalue weighted by molar-refractivity contribution is 0.568. The normalized spacial score (nSPS) is 12.8. The first kappa shape index (κ1) is 49.9. The molecule has 0 aliphatic carbocycles. The molecule has 13 aromatic rings. The Kier molecular flexibility index (Phi) is 11.4. The van der Waals surface area contributed by atoms with E-state index >= 15 is 0 Å². The van der Waals surface area contributed by atoms with Crippen molar-refractivity contribution in [3.8, 4) is 56.7 Å². The van der Waals surface area contributed by atoms with Crippen LogP contribution in [0.25, 0.3) is 122 Å². The van der Waals surface area contributed by atoms with E-state index in [0.29, 0.717) is 17.5 Å². The highest BCUT2D eigenvalue weighted by molar-refractivity contribution is 6.24. The Morgan fingerprint density at radius 2 is 0.747 bits per heavy atom. The molecule has 0 aliphatic rings. The van der Waals surface area contributed by atoms with E-state index in [1.54, 1.807) is 0 Å². The molecule has 9 aromatic carbocycles. The fourth-order valence-corrected chi connectivity index (χ4v) is 11.7. The van der Waals surface area contributed by atoms with E-state index < -0.39 is 0 Å². The van der Waals surface area contributed by atoms with Gasteiger partial charge in [0.2, 0.25) is 0 Å². The van der Waals surface area contributed by atoms with Gasteiger partial charge < -0.3 is 13.6 Å². The molecular formula is C73H67N5O. The Labute approximate surface area is 463 Å². The predicted octanol–water partition coefficient (Wildman–Crippen LogP) is 19.8. The lowest BCUT2D eigenvalue weighted by Gasteiger charge is -2.26. The molecule has 0 amide bonds. The van der Waals surface area contributed by atoms with Gasteiger partial charge in [-0.2, -0.15) is 0 Å². The summed E-state index contributed by atoms with van der Waals surface area (Å²) in [5.74, 6) is 1.87. The molecule has 79 heavy (non-hydrogen) atoms. The molecule has 0 unspecified atom stereocenters. The van der Waals surface area contributed by atoms with E-state index in [1.165, 1.54) is 33.0 Å². The summed E-state index contributed by atoms with van der Waals surface area (Å²) in [6.45, 7) is 27.4. The zero-order valence-electron chi connectivity index (χ0n) is 47.5. The predicted molar refractivity (Wildman–Crippen MR) is 332 cm³/mol. The molecule has 0 saturated carbocycles. The van der Waals surface area contributed by atoms with E-state index in [4.69, 9.17) is 19.4 Å². The summed E-state index contributed by atoms with van der Waals surface area (Å²) in [6, 6.07) is 68.6. The smallest absolute Gasteiger partial charge is 0.166 e. The second kappa shape index (κ2) is 18.0. The van der Waals surface area contributed by atoms with Crippen LogP contribution in [0.4, 0.5) is 0 Å². The molecule has 0 spiro atoms. The first-order chi connectivity index (χ1) is 37.7. The van der Waals surface area contributed by atoms with E-state index in [0.717, 1.165) is 94.0 Å². The van der Waals surface area contributed by atoms with Crippen molar-refractivity contribution in [2.75, 3.05) is 0 Å². The average Bonchev–Trinajstić information content (AvgIpc) is 3.96. The van der Waals surface area contributed by atoms with Crippen molar-refractivity contribution in [3.63, 3.8) is 0 Å². The van der Waals surface area contributed by atoms with E-state index in [-0.39, 0.29) is 21.7 Å². The van der Waals surface area contributed by atoms with Gasteiger partial charge in [-0.1, -0.05) is 192 Å². The maximum atomic E-state index is 6.75. The Bertz CT molecular complexity index is 4380. The minimum atomic E-state index is -0.128. The Balaban J connectivity index is 1.13. The average molecular weight is 1030 g/mol. The van der Waals surface area contributed by atoms with E-state index in [1.807, 2.05) is 6.07 Å². The molecular weight excluding hydrogens is 963 g/mol. The van der Waals surface area contributed by atoms with Gasteiger partial charge in [0.25, 0.3) is 0 Å². The molecule has 0 bridgehead atoms.